The lowest BCUT2D eigenvalue weighted by Crippen LogP contribution is -2.32. The summed E-state index contributed by atoms with van der Waals surface area (Å²) in [5.74, 6) is 1.37. The van der Waals surface area contributed by atoms with Crippen molar-refractivity contribution in [3.63, 3.8) is 0 Å². The summed E-state index contributed by atoms with van der Waals surface area (Å²) in [6, 6.07) is 9.73. The average molecular weight is 555 g/mol. The van der Waals surface area contributed by atoms with E-state index in [-0.39, 0.29) is 34.8 Å². The molecule has 1 unspecified atom stereocenters. The molecule has 0 bridgehead atoms. The zero-order valence-corrected chi connectivity index (χ0v) is 24.5. The van der Waals surface area contributed by atoms with Crippen LogP contribution >= 0.6 is 16.1 Å². The van der Waals surface area contributed by atoms with E-state index in [1.54, 1.807) is 0 Å². The van der Waals surface area contributed by atoms with Gasteiger partial charge in [0.25, 0.3) is 0 Å². The molecule has 1 aromatic carbocycles. The van der Waals surface area contributed by atoms with Gasteiger partial charge in [0.15, 0.2) is 5.78 Å². The Morgan fingerprint density at radius 2 is 1.78 bits per heavy atom. The fraction of sp³-hybridized carbons (Fsp3) is 0.500. The molecule has 1 aromatic heterocycles. The van der Waals surface area contributed by atoms with Gasteiger partial charge in [-0.1, -0.05) is 61.0 Å². The van der Waals surface area contributed by atoms with Crippen LogP contribution in [0.3, 0.4) is 0 Å². The van der Waals surface area contributed by atoms with Gasteiger partial charge in [0.2, 0.25) is 0 Å². The highest BCUT2D eigenvalue weighted by molar-refractivity contribution is 9.08. The molecule has 0 radical (unpaired) electrons. The zero-order valence-electron chi connectivity index (χ0n) is 22.9. The molecule has 1 atom stereocenters. The second kappa shape index (κ2) is 10.9. The van der Waals surface area contributed by atoms with Crippen molar-refractivity contribution >= 4 is 33.8 Å². The molecule has 2 heterocycles. The lowest BCUT2D eigenvalue weighted by molar-refractivity contribution is 0.0963. The Balaban J connectivity index is 1.99. The number of carbonyl (C=O) groups excluding carboxylic acids is 1. The van der Waals surface area contributed by atoms with Crippen LogP contribution < -0.4 is 0 Å². The van der Waals surface area contributed by atoms with Crippen LogP contribution in [0, 0.1) is 12.8 Å². The monoisotopic (exact) mass is 553 g/mol. The predicted molar refractivity (Wildman–Crippen MR) is 153 cm³/mol. The maximum atomic E-state index is 13.7. The fourth-order valence-corrected chi connectivity index (χ4v) is 5.27. The summed E-state index contributed by atoms with van der Waals surface area (Å²) < 4.78 is 4.44. The quantitative estimate of drug-likeness (QED) is 0.378. The topological polar surface area (TPSA) is 65.8 Å². The Labute approximate surface area is 225 Å². The van der Waals surface area contributed by atoms with Crippen LogP contribution in [0.4, 0.5) is 0 Å². The molecule has 0 aliphatic carbocycles. The fourth-order valence-electron chi connectivity index (χ4n) is 4.84. The Hall–Kier alpha value is -2.47. The van der Waals surface area contributed by atoms with Gasteiger partial charge in [-0.25, -0.2) is 0 Å². The largest absolute Gasteiger partial charge is 0.507 e. The Kier molecular flexibility index (Phi) is 8.49. The average Bonchev–Trinajstić information content (AvgIpc) is 3.08. The van der Waals surface area contributed by atoms with Crippen molar-refractivity contribution in [2.45, 2.75) is 79.1 Å². The maximum Gasteiger partial charge on any atom is 0.182 e. The normalized spacial score (nSPS) is 18.9. The molecule has 1 aliphatic rings. The molecule has 194 valence electrons. The zero-order chi connectivity index (χ0) is 26.8. The summed E-state index contributed by atoms with van der Waals surface area (Å²) in [4.78, 5) is 20.4. The highest BCUT2D eigenvalue weighted by Gasteiger charge is 2.35. The smallest absolute Gasteiger partial charge is 0.182 e. The molecule has 0 saturated carbocycles. The number of pyridine rings is 1. The highest BCUT2D eigenvalue weighted by atomic mass is 79.9. The van der Waals surface area contributed by atoms with Gasteiger partial charge < -0.3 is 10.0 Å². The summed E-state index contributed by atoms with van der Waals surface area (Å²) >= 11 is 3.34. The van der Waals surface area contributed by atoms with Gasteiger partial charge in [0, 0.05) is 40.4 Å². The summed E-state index contributed by atoms with van der Waals surface area (Å²) in [6.45, 7) is 17.5. The molecule has 0 spiro atoms. The first-order valence-electron chi connectivity index (χ1n) is 12.8. The Morgan fingerprint density at radius 3 is 2.28 bits per heavy atom. The molecule has 1 saturated heterocycles. The number of nitrogens with zero attached hydrogens (tertiary/aromatic N) is 3. The minimum absolute atomic E-state index is 0.0184. The van der Waals surface area contributed by atoms with Gasteiger partial charge >= 0.3 is 0 Å². The van der Waals surface area contributed by atoms with Crippen LogP contribution in [-0.2, 0) is 10.8 Å². The van der Waals surface area contributed by atoms with E-state index in [1.807, 2.05) is 37.3 Å². The number of ketones is 1. The van der Waals surface area contributed by atoms with Gasteiger partial charge in [-0.05, 0) is 54.5 Å². The number of carbonyl (C=O) groups is 1. The lowest BCUT2D eigenvalue weighted by Gasteiger charge is -2.28. The summed E-state index contributed by atoms with van der Waals surface area (Å²) in [5, 5.41) is 11.1. The molecule has 0 amide bonds. The molecule has 1 aliphatic heterocycles. The Bertz CT molecular complexity index is 1150. The number of aryl methyl sites for hydroxylation is 1. The summed E-state index contributed by atoms with van der Waals surface area (Å²) in [5.41, 5.74) is 4.61. The number of likely N-dealkylation sites (tertiary alicyclic amines) is 1. The van der Waals surface area contributed by atoms with Crippen molar-refractivity contribution in [2.75, 3.05) is 13.1 Å². The number of benzene rings is 1. The first-order chi connectivity index (χ1) is 16.8. The van der Waals surface area contributed by atoms with Crippen molar-refractivity contribution in [1.82, 2.24) is 9.88 Å². The van der Waals surface area contributed by atoms with Crippen LogP contribution in [0.2, 0.25) is 0 Å². The van der Waals surface area contributed by atoms with Crippen molar-refractivity contribution in [3.8, 4) is 5.75 Å². The van der Waals surface area contributed by atoms with E-state index in [4.69, 9.17) is 0 Å². The first kappa shape index (κ1) is 28.1. The summed E-state index contributed by atoms with van der Waals surface area (Å²) in [6.07, 6.45) is 4.16. The van der Waals surface area contributed by atoms with Gasteiger partial charge in [0.05, 0.1) is 28.4 Å². The number of aromatic nitrogens is 1. The number of Topliss-reactive ketones (excluding diaryl/α,β-unsaturated/α-hetero) is 1. The number of aromatic hydroxyl groups is 1. The standard InChI is InChI=1S/C30H40BrN3O2/c1-9-11-20-17-34(28(33-31)23(20)16-22-13-10-12-19(2)32-22)18-26(35)21-14-24(29(3,4)5)27(36)25(15-21)30(6,7)8/h10,12-16,20,36H,9,11,17-18H2,1-8H3/b23-16+,33-28-. The van der Waals surface area contributed by atoms with E-state index in [2.05, 4.69) is 84.6 Å². The summed E-state index contributed by atoms with van der Waals surface area (Å²) in [7, 11) is 0. The van der Waals surface area contributed by atoms with Crippen LogP contribution in [0.15, 0.2) is 39.9 Å². The number of phenolic OH excluding ortho intramolecular Hbond substituents is 1. The second-order valence-corrected chi connectivity index (χ2v) is 12.3. The van der Waals surface area contributed by atoms with E-state index in [0.29, 0.717) is 5.56 Å². The van der Waals surface area contributed by atoms with E-state index in [1.165, 1.54) is 0 Å². The maximum absolute atomic E-state index is 13.7. The highest BCUT2D eigenvalue weighted by Crippen LogP contribution is 2.40. The number of phenols is 1. The molecule has 36 heavy (non-hydrogen) atoms. The lowest BCUT2D eigenvalue weighted by atomic mass is 9.78. The van der Waals surface area contributed by atoms with E-state index in [9.17, 15) is 9.90 Å². The van der Waals surface area contributed by atoms with Crippen LogP contribution in [0.1, 0.15) is 94.2 Å². The molecule has 1 fully saturated rings. The minimum atomic E-state index is -0.292. The van der Waals surface area contributed by atoms with Crippen molar-refractivity contribution in [2.24, 2.45) is 9.94 Å². The number of halogens is 1. The van der Waals surface area contributed by atoms with Crippen LogP contribution in [0.5, 0.6) is 5.75 Å². The van der Waals surface area contributed by atoms with Crippen LogP contribution in [0.25, 0.3) is 6.08 Å². The third-order valence-electron chi connectivity index (χ3n) is 6.75. The number of amidine groups is 1. The third-order valence-corrected chi connectivity index (χ3v) is 7.09. The minimum Gasteiger partial charge on any atom is -0.507 e. The SMILES string of the molecule is CCCC1CN(CC(=O)c2cc(C(C)(C)C)c(O)c(C(C)(C)C)c2)C(=N\Br)/C1=C/c1cccc(C)n1. The molecular formula is C30H40BrN3O2. The van der Waals surface area contributed by atoms with Gasteiger partial charge in [-0.3, -0.25) is 9.78 Å². The van der Waals surface area contributed by atoms with Gasteiger partial charge in [-0.15, -0.1) is 0 Å². The molecule has 6 heteroatoms. The molecule has 2 aromatic rings. The van der Waals surface area contributed by atoms with E-state index in [0.717, 1.165) is 53.3 Å². The van der Waals surface area contributed by atoms with Crippen molar-refractivity contribution < 1.29 is 9.90 Å². The molecule has 5 nitrogen and oxygen atoms in total. The Morgan fingerprint density at radius 1 is 1.17 bits per heavy atom. The predicted octanol–water partition coefficient (Wildman–Crippen LogP) is 7.40. The van der Waals surface area contributed by atoms with E-state index < -0.39 is 0 Å². The molecule has 1 N–H and O–H groups in total. The van der Waals surface area contributed by atoms with Crippen molar-refractivity contribution in [3.05, 3.63) is 64.0 Å². The molecule has 3 rings (SSSR count). The van der Waals surface area contributed by atoms with Crippen LogP contribution in [-0.4, -0.2) is 39.7 Å². The van der Waals surface area contributed by atoms with Crippen molar-refractivity contribution in [1.29, 1.82) is 0 Å². The third kappa shape index (κ3) is 6.26. The first-order valence-corrected chi connectivity index (χ1v) is 13.5. The molecular weight excluding hydrogens is 514 g/mol. The number of rotatable bonds is 6. The second-order valence-electron chi connectivity index (χ2n) is 11.9. The van der Waals surface area contributed by atoms with Gasteiger partial charge in [-0.2, -0.15) is 4.02 Å². The number of hydrogen-bond donors (Lipinski definition) is 1. The van der Waals surface area contributed by atoms with Gasteiger partial charge in [0.1, 0.15) is 11.6 Å². The van der Waals surface area contributed by atoms with E-state index >= 15 is 0 Å². The number of hydrogen-bond acceptors (Lipinski definition) is 4.